The van der Waals surface area contributed by atoms with E-state index in [9.17, 15) is 0 Å². The summed E-state index contributed by atoms with van der Waals surface area (Å²) in [5.41, 5.74) is 2.92. The van der Waals surface area contributed by atoms with Gasteiger partial charge in [0.15, 0.2) is 0 Å². The lowest BCUT2D eigenvalue weighted by Crippen LogP contribution is -2.20. The molecular weight excluding hydrogens is 192 g/mol. The summed E-state index contributed by atoms with van der Waals surface area (Å²) >= 11 is 2.04. The summed E-state index contributed by atoms with van der Waals surface area (Å²) in [4.78, 5) is 0. The smallest absolute Gasteiger partial charge is 0.119 e. The minimum Gasteiger partial charge on any atom is -0.497 e. The van der Waals surface area contributed by atoms with Gasteiger partial charge in [0.2, 0.25) is 0 Å². The van der Waals surface area contributed by atoms with Crippen molar-refractivity contribution >= 4 is 11.8 Å². The second-order valence-electron chi connectivity index (χ2n) is 4.13. The van der Waals surface area contributed by atoms with Crippen LogP contribution in [0.25, 0.3) is 0 Å². The summed E-state index contributed by atoms with van der Waals surface area (Å²) in [6.07, 6.45) is 1.17. The highest BCUT2D eigenvalue weighted by Crippen LogP contribution is 2.42. The van der Waals surface area contributed by atoms with Gasteiger partial charge in [-0.25, -0.2) is 0 Å². The molecule has 0 aromatic heterocycles. The van der Waals surface area contributed by atoms with E-state index in [-0.39, 0.29) is 4.75 Å². The summed E-state index contributed by atoms with van der Waals surface area (Å²) in [5, 5.41) is 0. The molecular formula is C12H16OS. The first-order valence-corrected chi connectivity index (χ1v) is 5.93. The van der Waals surface area contributed by atoms with E-state index in [1.165, 1.54) is 23.3 Å². The molecule has 0 bridgehead atoms. The molecule has 2 heteroatoms. The maximum Gasteiger partial charge on any atom is 0.119 e. The Morgan fingerprint density at radius 3 is 2.86 bits per heavy atom. The van der Waals surface area contributed by atoms with Crippen molar-refractivity contribution in [3.63, 3.8) is 0 Å². The lowest BCUT2D eigenvalue weighted by Gasteiger charge is -2.32. The number of aryl methyl sites for hydroxylation is 1. The van der Waals surface area contributed by atoms with Gasteiger partial charge in [0.25, 0.3) is 0 Å². The van der Waals surface area contributed by atoms with Crippen LogP contribution in [0, 0.1) is 0 Å². The summed E-state index contributed by atoms with van der Waals surface area (Å²) in [7, 11) is 1.73. The zero-order valence-corrected chi connectivity index (χ0v) is 9.78. The average Bonchev–Trinajstić information content (AvgIpc) is 2.16. The predicted molar refractivity (Wildman–Crippen MR) is 62.2 cm³/mol. The third kappa shape index (κ3) is 1.63. The minimum atomic E-state index is 0.264. The van der Waals surface area contributed by atoms with Crippen molar-refractivity contribution < 1.29 is 4.74 Å². The molecule has 0 fully saturated rings. The summed E-state index contributed by atoms with van der Waals surface area (Å²) in [6, 6.07) is 6.45. The Kier molecular flexibility index (Phi) is 2.48. The molecule has 1 nitrogen and oxygen atoms in total. The molecule has 0 atom stereocenters. The van der Waals surface area contributed by atoms with Gasteiger partial charge in [0.05, 0.1) is 7.11 Å². The molecule has 76 valence electrons. The van der Waals surface area contributed by atoms with Gasteiger partial charge in [0.1, 0.15) is 5.75 Å². The van der Waals surface area contributed by atoms with Crippen LogP contribution in [0.5, 0.6) is 5.75 Å². The topological polar surface area (TPSA) is 9.23 Å². The molecule has 1 aromatic carbocycles. The first kappa shape index (κ1) is 9.91. The van der Waals surface area contributed by atoms with Crippen LogP contribution in [0.2, 0.25) is 0 Å². The molecule has 14 heavy (non-hydrogen) atoms. The molecule has 0 aliphatic carbocycles. The highest BCUT2D eigenvalue weighted by molar-refractivity contribution is 8.00. The first-order valence-electron chi connectivity index (χ1n) is 4.95. The van der Waals surface area contributed by atoms with Crippen LogP contribution in [0.4, 0.5) is 0 Å². The molecule has 2 rings (SSSR count). The summed E-state index contributed by atoms with van der Waals surface area (Å²) in [5.74, 6) is 2.19. The van der Waals surface area contributed by atoms with Gasteiger partial charge in [-0.1, -0.05) is 6.07 Å². The van der Waals surface area contributed by atoms with Crippen LogP contribution in [0.3, 0.4) is 0 Å². The van der Waals surface area contributed by atoms with Crippen molar-refractivity contribution in [3.05, 3.63) is 29.3 Å². The standard InChI is InChI=1S/C12H16OS/c1-12(2)11-5-4-10(13-3)8-9(11)6-7-14-12/h4-5,8H,6-7H2,1-3H3. The monoisotopic (exact) mass is 208 g/mol. The maximum atomic E-state index is 5.24. The number of benzene rings is 1. The number of ether oxygens (including phenoxy) is 1. The van der Waals surface area contributed by atoms with Gasteiger partial charge in [-0.15, -0.1) is 0 Å². The van der Waals surface area contributed by atoms with Gasteiger partial charge in [0, 0.05) is 4.75 Å². The highest BCUT2D eigenvalue weighted by atomic mass is 32.2. The van der Waals surface area contributed by atoms with Crippen LogP contribution in [-0.2, 0) is 11.2 Å². The van der Waals surface area contributed by atoms with Gasteiger partial charge in [-0.05, 0) is 49.3 Å². The van der Waals surface area contributed by atoms with E-state index < -0.39 is 0 Å². The second-order valence-corrected chi connectivity index (χ2v) is 5.85. The zero-order valence-electron chi connectivity index (χ0n) is 8.96. The van der Waals surface area contributed by atoms with Crippen LogP contribution in [0.15, 0.2) is 18.2 Å². The van der Waals surface area contributed by atoms with Gasteiger partial charge in [-0.3, -0.25) is 0 Å². The normalized spacial score (nSPS) is 18.8. The van der Waals surface area contributed by atoms with E-state index in [2.05, 4.69) is 32.0 Å². The van der Waals surface area contributed by atoms with Crippen molar-refractivity contribution in [3.8, 4) is 5.75 Å². The van der Waals surface area contributed by atoms with Crippen molar-refractivity contribution in [1.29, 1.82) is 0 Å². The number of methoxy groups -OCH3 is 1. The van der Waals surface area contributed by atoms with Crippen molar-refractivity contribution in [2.45, 2.75) is 25.0 Å². The number of hydrogen-bond donors (Lipinski definition) is 0. The molecule has 0 spiro atoms. The molecule has 0 saturated heterocycles. The Balaban J connectivity index is 2.46. The zero-order chi connectivity index (χ0) is 10.2. The Labute approximate surface area is 89.9 Å². The highest BCUT2D eigenvalue weighted by Gasteiger charge is 2.27. The molecule has 0 saturated carbocycles. The molecule has 1 aromatic rings. The molecule has 1 aliphatic heterocycles. The molecule has 0 radical (unpaired) electrons. The molecule has 0 N–H and O–H groups in total. The van der Waals surface area contributed by atoms with Crippen molar-refractivity contribution in [2.75, 3.05) is 12.9 Å². The molecule has 0 amide bonds. The number of rotatable bonds is 1. The predicted octanol–water partition coefficient (Wildman–Crippen LogP) is 3.22. The number of fused-ring (bicyclic) bond motifs is 1. The number of thioether (sulfide) groups is 1. The Bertz CT molecular complexity index is 344. The van der Waals surface area contributed by atoms with E-state index in [1.807, 2.05) is 11.8 Å². The third-order valence-corrected chi connectivity index (χ3v) is 4.15. The third-order valence-electron chi connectivity index (χ3n) is 2.80. The molecule has 0 unspecified atom stereocenters. The lowest BCUT2D eigenvalue weighted by atomic mass is 9.94. The van der Waals surface area contributed by atoms with Crippen molar-refractivity contribution in [1.82, 2.24) is 0 Å². The summed E-state index contributed by atoms with van der Waals surface area (Å²) in [6.45, 7) is 4.59. The SMILES string of the molecule is COc1ccc2c(c1)CCSC2(C)C. The fourth-order valence-electron chi connectivity index (χ4n) is 1.99. The van der Waals surface area contributed by atoms with Crippen LogP contribution in [0.1, 0.15) is 25.0 Å². The van der Waals surface area contributed by atoms with Gasteiger partial charge >= 0.3 is 0 Å². The van der Waals surface area contributed by atoms with E-state index in [1.54, 1.807) is 7.11 Å². The minimum absolute atomic E-state index is 0.264. The fourth-order valence-corrected chi connectivity index (χ4v) is 3.17. The quantitative estimate of drug-likeness (QED) is 0.701. The average molecular weight is 208 g/mol. The number of hydrogen-bond acceptors (Lipinski definition) is 2. The molecule has 1 heterocycles. The van der Waals surface area contributed by atoms with Gasteiger partial charge < -0.3 is 4.74 Å². The molecule has 1 aliphatic rings. The maximum absolute atomic E-state index is 5.24. The Morgan fingerprint density at radius 2 is 2.14 bits per heavy atom. The van der Waals surface area contributed by atoms with E-state index in [0.29, 0.717) is 0 Å². The van der Waals surface area contributed by atoms with E-state index in [4.69, 9.17) is 4.74 Å². The van der Waals surface area contributed by atoms with Crippen LogP contribution in [-0.4, -0.2) is 12.9 Å². The fraction of sp³-hybridized carbons (Fsp3) is 0.500. The second kappa shape index (κ2) is 3.50. The Hall–Kier alpha value is -0.630. The largest absolute Gasteiger partial charge is 0.497 e. The van der Waals surface area contributed by atoms with E-state index in [0.717, 1.165) is 5.75 Å². The lowest BCUT2D eigenvalue weighted by molar-refractivity contribution is 0.414. The van der Waals surface area contributed by atoms with Crippen LogP contribution >= 0.6 is 11.8 Å². The first-order chi connectivity index (χ1) is 6.63. The van der Waals surface area contributed by atoms with E-state index >= 15 is 0 Å². The van der Waals surface area contributed by atoms with Crippen LogP contribution < -0.4 is 4.74 Å². The van der Waals surface area contributed by atoms with Crippen molar-refractivity contribution in [2.24, 2.45) is 0 Å². The van der Waals surface area contributed by atoms with Gasteiger partial charge in [-0.2, -0.15) is 11.8 Å². The Morgan fingerprint density at radius 1 is 1.36 bits per heavy atom. The summed E-state index contributed by atoms with van der Waals surface area (Å²) < 4.78 is 5.51.